The molecular formula is C24H29N3O8. The maximum absolute atomic E-state index is 12.7. The van der Waals surface area contributed by atoms with E-state index in [1.807, 2.05) is 6.92 Å². The minimum Gasteiger partial charge on any atom is -0.477 e. The van der Waals surface area contributed by atoms with Gasteiger partial charge in [0.1, 0.15) is 11.1 Å². The average molecular weight is 488 g/mol. The lowest BCUT2D eigenvalue weighted by molar-refractivity contribution is -0.385. The second kappa shape index (κ2) is 11.5. The third-order valence-corrected chi connectivity index (χ3v) is 6.18. The summed E-state index contributed by atoms with van der Waals surface area (Å²) in [5, 5.41) is 39.9. The summed E-state index contributed by atoms with van der Waals surface area (Å²) in [4.78, 5) is 45.5. The van der Waals surface area contributed by atoms with E-state index >= 15 is 0 Å². The van der Waals surface area contributed by atoms with Crippen LogP contribution in [0.3, 0.4) is 0 Å². The highest BCUT2D eigenvalue weighted by molar-refractivity contribution is 5.98. The molecule has 0 radical (unpaired) electrons. The van der Waals surface area contributed by atoms with Crippen LogP contribution in [-0.4, -0.2) is 56.0 Å². The first-order chi connectivity index (χ1) is 16.4. The van der Waals surface area contributed by atoms with Crippen molar-refractivity contribution in [3.63, 3.8) is 0 Å². The fraction of sp³-hybridized carbons (Fsp3) is 0.417. The number of carbonyl (C=O) groups excluding carboxylic acids is 1. The molecule has 2 aromatic rings. The highest BCUT2D eigenvalue weighted by Crippen LogP contribution is 2.27. The molecule has 1 aliphatic rings. The predicted molar refractivity (Wildman–Crippen MR) is 128 cm³/mol. The third-order valence-electron chi connectivity index (χ3n) is 6.18. The van der Waals surface area contributed by atoms with E-state index in [1.165, 1.54) is 18.2 Å². The summed E-state index contributed by atoms with van der Waals surface area (Å²) in [7, 11) is 0. The van der Waals surface area contributed by atoms with Gasteiger partial charge in [-0.15, -0.1) is 0 Å². The molecule has 1 heterocycles. The maximum Gasteiger partial charge on any atom is 0.342 e. The van der Waals surface area contributed by atoms with Crippen LogP contribution < -0.4 is 0 Å². The number of likely N-dealkylation sites (tertiary alicyclic amines) is 1. The number of nitro benzene ring substituents is 2. The molecule has 11 heteroatoms. The Morgan fingerprint density at radius 2 is 1.34 bits per heavy atom. The van der Waals surface area contributed by atoms with E-state index in [9.17, 15) is 34.9 Å². The van der Waals surface area contributed by atoms with E-state index in [1.54, 1.807) is 31.7 Å². The van der Waals surface area contributed by atoms with E-state index in [0.717, 1.165) is 36.0 Å². The Balaban J connectivity index is 0.000000269. The Kier molecular flexibility index (Phi) is 9.01. The van der Waals surface area contributed by atoms with Crippen LogP contribution in [0.15, 0.2) is 24.3 Å². The molecule has 1 amide bonds. The van der Waals surface area contributed by atoms with Crippen molar-refractivity contribution in [1.29, 1.82) is 0 Å². The SMILES string of the molecule is Cc1cc(C(=O)N2CCCC[C@H]2CO)c([N+](=O)[O-])cc1C.Cc1cc(C(=O)O)c([N+](=O)[O-])cc1C. The fourth-order valence-corrected chi connectivity index (χ4v) is 3.86. The molecule has 0 aromatic heterocycles. The zero-order valence-corrected chi connectivity index (χ0v) is 20.1. The first-order valence-electron chi connectivity index (χ1n) is 11.0. The number of carboxylic acid groups (broad SMARTS) is 1. The molecule has 2 aromatic carbocycles. The van der Waals surface area contributed by atoms with E-state index < -0.39 is 15.8 Å². The predicted octanol–water partition coefficient (Wildman–Crippen LogP) is 4.11. The quantitative estimate of drug-likeness (QED) is 0.470. The van der Waals surface area contributed by atoms with Gasteiger partial charge < -0.3 is 15.1 Å². The molecule has 188 valence electrons. The molecule has 3 rings (SSSR count). The number of aliphatic hydroxyl groups excluding tert-OH is 1. The van der Waals surface area contributed by atoms with Gasteiger partial charge in [0, 0.05) is 18.7 Å². The van der Waals surface area contributed by atoms with E-state index in [2.05, 4.69) is 0 Å². The molecule has 2 N–H and O–H groups in total. The number of aryl methyl sites for hydroxylation is 4. The van der Waals surface area contributed by atoms with Gasteiger partial charge in [-0.2, -0.15) is 0 Å². The maximum atomic E-state index is 12.7. The van der Waals surface area contributed by atoms with Crippen LogP contribution in [0.5, 0.6) is 0 Å². The minimum atomic E-state index is -1.28. The fourth-order valence-electron chi connectivity index (χ4n) is 3.86. The zero-order valence-electron chi connectivity index (χ0n) is 20.1. The Morgan fingerprint density at radius 3 is 1.80 bits per heavy atom. The molecule has 1 saturated heterocycles. The van der Waals surface area contributed by atoms with Gasteiger partial charge in [0.15, 0.2) is 0 Å². The summed E-state index contributed by atoms with van der Waals surface area (Å²) in [6, 6.07) is 5.38. The van der Waals surface area contributed by atoms with E-state index in [-0.39, 0.29) is 41.1 Å². The van der Waals surface area contributed by atoms with Gasteiger partial charge in [0.05, 0.1) is 22.5 Å². The van der Waals surface area contributed by atoms with Gasteiger partial charge in [-0.25, -0.2) is 4.79 Å². The van der Waals surface area contributed by atoms with Gasteiger partial charge in [0.2, 0.25) is 0 Å². The Hall–Kier alpha value is -3.86. The van der Waals surface area contributed by atoms with Crippen molar-refractivity contribution in [2.24, 2.45) is 0 Å². The second-order valence-electron chi connectivity index (χ2n) is 8.56. The van der Waals surface area contributed by atoms with E-state index in [4.69, 9.17) is 5.11 Å². The topological polar surface area (TPSA) is 164 Å². The summed E-state index contributed by atoms with van der Waals surface area (Å²) >= 11 is 0. The van der Waals surface area contributed by atoms with Crippen molar-refractivity contribution in [1.82, 2.24) is 4.90 Å². The van der Waals surface area contributed by atoms with Crippen LogP contribution in [0.2, 0.25) is 0 Å². The standard InChI is InChI=1S/C15H20N2O4.C9H9NO4/c1-10-7-13(14(17(20)21)8-11(10)2)15(19)16-6-4-3-5-12(16)9-18;1-5-3-7(9(11)12)8(10(13)14)4-6(5)2/h7-8,12,18H,3-6,9H2,1-2H3;3-4H,1-2H3,(H,11,12)/t12-;/m0./s1. The van der Waals surface area contributed by atoms with Gasteiger partial charge in [0.25, 0.3) is 17.3 Å². The lowest BCUT2D eigenvalue weighted by Crippen LogP contribution is -2.45. The van der Waals surface area contributed by atoms with Crippen molar-refractivity contribution in [3.8, 4) is 0 Å². The number of aliphatic hydroxyl groups is 1. The molecule has 0 saturated carbocycles. The summed E-state index contributed by atoms with van der Waals surface area (Å²) in [5.74, 6) is -1.64. The smallest absolute Gasteiger partial charge is 0.342 e. The monoisotopic (exact) mass is 487 g/mol. The van der Waals surface area contributed by atoms with Gasteiger partial charge in [-0.3, -0.25) is 25.0 Å². The van der Waals surface area contributed by atoms with Crippen molar-refractivity contribution < 1.29 is 29.6 Å². The van der Waals surface area contributed by atoms with Crippen LogP contribution in [-0.2, 0) is 0 Å². The summed E-state index contributed by atoms with van der Waals surface area (Å²) in [5.41, 5.74) is 2.40. The number of carboxylic acids is 1. The zero-order chi connectivity index (χ0) is 26.4. The molecular weight excluding hydrogens is 458 g/mol. The molecule has 1 atom stereocenters. The van der Waals surface area contributed by atoms with Crippen molar-refractivity contribution in [3.05, 3.63) is 77.9 Å². The molecule has 0 spiro atoms. The molecule has 0 bridgehead atoms. The van der Waals surface area contributed by atoms with Crippen molar-refractivity contribution in [2.75, 3.05) is 13.2 Å². The summed E-state index contributed by atoms with van der Waals surface area (Å²) in [6.45, 7) is 7.46. The van der Waals surface area contributed by atoms with Crippen LogP contribution in [0, 0.1) is 47.9 Å². The third kappa shape index (κ3) is 6.38. The van der Waals surface area contributed by atoms with Gasteiger partial charge >= 0.3 is 5.97 Å². The summed E-state index contributed by atoms with van der Waals surface area (Å²) < 4.78 is 0. The largest absolute Gasteiger partial charge is 0.477 e. The van der Waals surface area contributed by atoms with Gasteiger partial charge in [-0.05, 0) is 81.3 Å². The van der Waals surface area contributed by atoms with Crippen molar-refractivity contribution >= 4 is 23.3 Å². The highest BCUT2D eigenvalue weighted by Gasteiger charge is 2.31. The number of piperidine rings is 1. The molecule has 0 unspecified atom stereocenters. The van der Waals surface area contributed by atoms with Gasteiger partial charge in [-0.1, -0.05) is 0 Å². The average Bonchev–Trinajstić information content (AvgIpc) is 2.81. The number of benzene rings is 2. The van der Waals surface area contributed by atoms with Crippen LogP contribution >= 0.6 is 0 Å². The minimum absolute atomic E-state index is 0.107. The van der Waals surface area contributed by atoms with Crippen molar-refractivity contribution in [2.45, 2.75) is 53.0 Å². The number of rotatable bonds is 5. The summed E-state index contributed by atoms with van der Waals surface area (Å²) in [6.07, 6.45) is 2.56. The number of hydrogen-bond acceptors (Lipinski definition) is 7. The van der Waals surface area contributed by atoms with Crippen LogP contribution in [0.1, 0.15) is 62.2 Å². The van der Waals surface area contributed by atoms with Crippen LogP contribution in [0.25, 0.3) is 0 Å². The lowest BCUT2D eigenvalue weighted by atomic mass is 9.99. The Bertz CT molecular complexity index is 1120. The molecule has 0 aliphatic carbocycles. The normalized spacial score (nSPS) is 15.1. The number of nitro groups is 2. The number of amides is 1. The highest BCUT2D eigenvalue weighted by atomic mass is 16.6. The Labute approximate surface area is 202 Å². The lowest BCUT2D eigenvalue weighted by Gasteiger charge is -2.34. The molecule has 1 fully saturated rings. The number of hydrogen-bond donors (Lipinski definition) is 2. The first kappa shape index (κ1) is 27.4. The van der Waals surface area contributed by atoms with Crippen LogP contribution in [0.4, 0.5) is 11.4 Å². The molecule has 1 aliphatic heterocycles. The number of aromatic carboxylic acids is 1. The Morgan fingerprint density at radius 1 is 0.886 bits per heavy atom. The second-order valence-corrected chi connectivity index (χ2v) is 8.56. The number of nitrogens with zero attached hydrogens (tertiary/aromatic N) is 3. The van der Waals surface area contributed by atoms with E-state index in [0.29, 0.717) is 12.1 Å². The molecule has 35 heavy (non-hydrogen) atoms. The molecule has 11 nitrogen and oxygen atoms in total. The first-order valence-corrected chi connectivity index (χ1v) is 11.0. The number of carbonyl (C=O) groups is 2.